The third kappa shape index (κ3) is 4.38. The predicted octanol–water partition coefficient (Wildman–Crippen LogP) is 5.98. The average molecular weight is 415 g/mol. The van der Waals surface area contributed by atoms with Gasteiger partial charge in [0.05, 0.1) is 0 Å². The highest BCUT2D eigenvalue weighted by molar-refractivity contribution is 5.99. The zero-order chi connectivity index (χ0) is 22.0. The molecule has 31 heavy (non-hydrogen) atoms. The molecule has 0 saturated heterocycles. The van der Waals surface area contributed by atoms with Crippen molar-refractivity contribution >= 4 is 16.8 Å². The lowest BCUT2D eigenvalue weighted by molar-refractivity contribution is 0.0952. The van der Waals surface area contributed by atoms with Gasteiger partial charge in [0.15, 0.2) is 0 Å². The number of rotatable bonds is 6. The van der Waals surface area contributed by atoms with Crippen molar-refractivity contribution in [1.29, 1.82) is 0 Å². The van der Waals surface area contributed by atoms with Gasteiger partial charge in [-0.3, -0.25) is 4.79 Å². The highest BCUT2D eigenvalue weighted by Gasteiger charge is 2.15. The number of halogens is 1. The van der Waals surface area contributed by atoms with Crippen LogP contribution in [-0.4, -0.2) is 17.0 Å². The molecule has 158 valence electrons. The van der Waals surface area contributed by atoms with Crippen LogP contribution in [0, 0.1) is 19.7 Å². The first-order chi connectivity index (χ1) is 14.9. The molecular weight excluding hydrogens is 387 g/mol. The van der Waals surface area contributed by atoms with Gasteiger partial charge in [0.25, 0.3) is 5.91 Å². The van der Waals surface area contributed by atoms with Crippen molar-refractivity contribution in [2.45, 2.75) is 33.2 Å². The Morgan fingerprint density at radius 1 is 1.00 bits per heavy atom. The largest absolute Gasteiger partial charge is 0.351 e. The Balaban J connectivity index is 1.54. The van der Waals surface area contributed by atoms with Crippen molar-refractivity contribution in [3.05, 3.63) is 107 Å². The van der Waals surface area contributed by atoms with E-state index >= 15 is 0 Å². The molecule has 0 saturated carbocycles. The highest BCUT2D eigenvalue weighted by atomic mass is 19.1. The minimum atomic E-state index is -0.230. The van der Waals surface area contributed by atoms with Crippen LogP contribution in [0.2, 0.25) is 0 Å². The van der Waals surface area contributed by atoms with Gasteiger partial charge in [0, 0.05) is 35.2 Å². The number of carbonyl (C=O) groups is 1. The lowest BCUT2D eigenvalue weighted by Gasteiger charge is -2.13. The number of hydrogen-bond donors (Lipinski definition) is 1. The third-order valence-corrected chi connectivity index (χ3v) is 6.09. The highest BCUT2D eigenvalue weighted by Crippen LogP contribution is 2.27. The summed E-state index contributed by atoms with van der Waals surface area (Å²) in [5.41, 5.74) is 6.29. The van der Waals surface area contributed by atoms with Crippen LogP contribution in [0.5, 0.6) is 0 Å². The summed E-state index contributed by atoms with van der Waals surface area (Å²) in [5, 5.41) is 4.14. The molecule has 0 aliphatic heterocycles. The van der Waals surface area contributed by atoms with Crippen LogP contribution in [0.4, 0.5) is 4.39 Å². The number of benzene rings is 3. The van der Waals surface area contributed by atoms with Crippen molar-refractivity contribution < 1.29 is 9.18 Å². The molecule has 1 atom stereocenters. The molecule has 0 bridgehead atoms. The van der Waals surface area contributed by atoms with Crippen LogP contribution < -0.4 is 5.32 Å². The van der Waals surface area contributed by atoms with E-state index in [1.807, 2.05) is 48.5 Å². The number of aromatic nitrogens is 1. The molecule has 1 N–H and O–H groups in total. The maximum absolute atomic E-state index is 13.2. The Hall–Kier alpha value is -3.40. The third-order valence-electron chi connectivity index (χ3n) is 6.09. The fourth-order valence-electron chi connectivity index (χ4n) is 4.01. The van der Waals surface area contributed by atoms with E-state index < -0.39 is 0 Å². The molecule has 1 amide bonds. The minimum absolute atomic E-state index is 0.0620. The van der Waals surface area contributed by atoms with Gasteiger partial charge >= 0.3 is 0 Å². The molecule has 0 spiro atoms. The molecule has 3 nitrogen and oxygen atoms in total. The summed E-state index contributed by atoms with van der Waals surface area (Å²) in [6, 6.07) is 22.7. The Morgan fingerprint density at radius 2 is 1.71 bits per heavy atom. The quantitative estimate of drug-likeness (QED) is 0.414. The van der Waals surface area contributed by atoms with E-state index in [4.69, 9.17) is 0 Å². The first kappa shape index (κ1) is 20.9. The first-order valence-corrected chi connectivity index (χ1v) is 10.6. The van der Waals surface area contributed by atoms with E-state index in [1.165, 1.54) is 17.7 Å². The van der Waals surface area contributed by atoms with Crippen LogP contribution in [-0.2, 0) is 6.54 Å². The SMILES string of the molecule is Cc1c(C)n(Cc2ccc(F)cc2)c2ccc(C(=O)NCC(C)c3ccccc3)cc12. The number of nitrogens with zero attached hydrogens (tertiary/aromatic N) is 1. The normalized spacial score (nSPS) is 12.1. The summed E-state index contributed by atoms with van der Waals surface area (Å²) < 4.78 is 15.5. The van der Waals surface area contributed by atoms with E-state index in [1.54, 1.807) is 0 Å². The van der Waals surface area contributed by atoms with Crippen LogP contribution in [0.15, 0.2) is 72.8 Å². The molecule has 1 aromatic heterocycles. The minimum Gasteiger partial charge on any atom is -0.351 e. The van der Waals surface area contributed by atoms with Crippen molar-refractivity contribution in [2.75, 3.05) is 6.54 Å². The summed E-state index contributed by atoms with van der Waals surface area (Å²) >= 11 is 0. The van der Waals surface area contributed by atoms with Crippen LogP contribution in [0.25, 0.3) is 10.9 Å². The van der Waals surface area contributed by atoms with Crippen LogP contribution in [0.3, 0.4) is 0 Å². The fourth-order valence-corrected chi connectivity index (χ4v) is 4.01. The average Bonchev–Trinajstić information content (AvgIpc) is 3.03. The van der Waals surface area contributed by atoms with Gasteiger partial charge < -0.3 is 9.88 Å². The van der Waals surface area contributed by atoms with E-state index in [9.17, 15) is 9.18 Å². The Labute approximate surface area is 182 Å². The lowest BCUT2D eigenvalue weighted by atomic mass is 10.0. The van der Waals surface area contributed by atoms with Gasteiger partial charge in [-0.1, -0.05) is 49.4 Å². The van der Waals surface area contributed by atoms with Gasteiger partial charge in [-0.15, -0.1) is 0 Å². The number of carbonyl (C=O) groups excluding carboxylic acids is 1. The van der Waals surface area contributed by atoms with Gasteiger partial charge in [0.1, 0.15) is 5.82 Å². The first-order valence-electron chi connectivity index (χ1n) is 10.6. The predicted molar refractivity (Wildman–Crippen MR) is 124 cm³/mol. The fraction of sp³-hybridized carbons (Fsp3) is 0.222. The summed E-state index contributed by atoms with van der Waals surface area (Å²) in [4.78, 5) is 12.8. The van der Waals surface area contributed by atoms with Crippen molar-refractivity contribution in [3.63, 3.8) is 0 Å². The standard InChI is InChI=1S/C27H27FN2O/c1-18(22-7-5-4-6-8-22)16-29-27(31)23-11-14-26-25(15-23)19(2)20(3)30(26)17-21-9-12-24(28)13-10-21/h4-15,18H,16-17H2,1-3H3,(H,29,31). The molecule has 0 aliphatic rings. The molecule has 0 aliphatic carbocycles. The van der Waals surface area contributed by atoms with Crippen molar-refractivity contribution in [2.24, 2.45) is 0 Å². The Morgan fingerprint density at radius 3 is 2.42 bits per heavy atom. The summed E-state index contributed by atoms with van der Waals surface area (Å²) in [7, 11) is 0. The molecule has 1 heterocycles. The van der Waals surface area contributed by atoms with E-state index in [-0.39, 0.29) is 17.6 Å². The van der Waals surface area contributed by atoms with Gasteiger partial charge in [0.2, 0.25) is 0 Å². The van der Waals surface area contributed by atoms with Gasteiger partial charge in [-0.2, -0.15) is 0 Å². The summed E-state index contributed by atoms with van der Waals surface area (Å²) in [6.07, 6.45) is 0. The van der Waals surface area contributed by atoms with E-state index in [0.29, 0.717) is 18.7 Å². The second-order valence-corrected chi connectivity index (χ2v) is 8.18. The smallest absolute Gasteiger partial charge is 0.251 e. The van der Waals surface area contributed by atoms with E-state index in [0.717, 1.165) is 27.7 Å². The molecule has 3 aromatic carbocycles. The molecule has 4 aromatic rings. The van der Waals surface area contributed by atoms with Gasteiger partial charge in [-0.05, 0) is 66.8 Å². The Kier molecular flexibility index (Phi) is 5.90. The number of aryl methyl sites for hydroxylation is 1. The molecule has 4 heteroatoms. The molecule has 0 radical (unpaired) electrons. The second-order valence-electron chi connectivity index (χ2n) is 8.18. The zero-order valence-electron chi connectivity index (χ0n) is 18.2. The Bertz CT molecular complexity index is 1210. The molecule has 1 unspecified atom stereocenters. The monoisotopic (exact) mass is 414 g/mol. The summed E-state index contributed by atoms with van der Waals surface area (Å²) in [6.45, 7) is 7.53. The zero-order valence-corrected chi connectivity index (χ0v) is 18.2. The van der Waals surface area contributed by atoms with Crippen molar-refractivity contribution in [3.8, 4) is 0 Å². The lowest BCUT2D eigenvalue weighted by Crippen LogP contribution is -2.27. The molecule has 4 rings (SSSR count). The number of amides is 1. The molecule has 0 fully saturated rings. The summed E-state index contributed by atoms with van der Waals surface area (Å²) in [5.74, 6) is -0.0473. The second kappa shape index (κ2) is 8.76. The number of hydrogen-bond acceptors (Lipinski definition) is 1. The van der Waals surface area contributed by atoms with Crippen LogP contribution >= 0.6 is 0 Å². The van der Waals surface area contributed by atoms with Gasteiger partial charge in [-0.25, -0.2) is 4.39 Å². The molecular formula is C27H27FN2O. The number of nitrogens with one attached hydrogen (secondary N) is 1. The topological polar surface area (TPSA) is 34.0 Å². The maximum Gasteiger partial charge on any atom is 0.251 e. The van der Waals surface area contributed by atoms with E-state index in [2.05, 4.69) is 42.8 Å². The van der Waals surface area contributed by atoms with Crippen LogP contribution in [0.1, 0.15) is 45.6 Å². The maximum atomic E-state index is 13.2. The van der Waals surface area contributed by atoms with Crippen molar-refractivity contribution in [1.82, 2.24) is 9.88 Å². The number of fused-ring (bicyclic) bond motifs is 1.